The van der Waals surface area contributed by atoms with Crippen molar-refractivity contribution in [2.75, 3.05) is 50.1 Å². The quantitative estimate of drug-likeness (QED) is 0.637. The van der Waals surface area contributed by atoms with Crippen molar-refractivity contribution in [1.29, 1.82) is 0 Å². The number of pyridine rings is 1. The van der Waals surface area contributed by atoms with Gasteiger partial charge in [-0.25, -0.2) is 15.0 Å². The zero-order valence-electron chi connectivity index (χ0n) is 19.6. The summed E-state index contributed by atoms with van der Waals surface area (Å²) in [4.78, 5) is 18.8. The number of hydrogen-bond acceptors (Lipinski definition) is 7. The summed E-state index contributed by atoms with van der Waals surface area (Å²) >= 11 is 0. The number of nitrogens with zero attached hydrogens (tertiary/aromatic N) is 5. The highest BCUT2D eigenvalue weighted by Gasteiger charge is 2.20. The third-order valence-corrected chi connectivity index (χ3v) is 6.94. The van der Waals surface area contributed by atoms with Gasteiger partial charge in [-0.2, -0.15) is 0 Å². The van der Waals surface area contributed by atoms with Gasteiger partial charge in [0.2, 0.25) is 5.95 Å². The number of ether oxygens (including phenoxy) is 1. The first kappa shape index (κ1) is 21.1. The van der Waals surface area contributed by atoms with Crippen molar-refractivity contribution in [3.8, 4) is 5.75 Å². The lowest BCUT2D eigenvalue weighted by Gasteiger charge is -2.33. The Bertz CT molecular complexity index is 1230. The molecular weight excluding hydrogens is 424 g/mol. The van der Waals surface area contributed by atoms with E-state index in [1.165, 1.54) is 16.7 Å². The zero-order valence-corrected chi connectivity index (χ0v) is 19.6. The van der Waals surface area contributed by atoms with Crippen LogP contribution in [0.1, 0.15) is 35.2 Å². The maximum absolute atomic E-state index is 5.80. The Labute approximate surface area is 200 Å². The SMILES string of the molecule is CN1CCN(c2cc(Nc3ncc4c(n3)CCC=C4c3ccc4c(c3)CCCO4)ccn2)CC1. The molecule has 1 N–H and O–H groups in total. The first-order chi connectivity index (χ1) is 16.7. The van der Waals surface area contributed by atoms with E-state index in [1.54, 1.807) is 0 Å². The average Bonchev–Trinajstić information content (AvgIpc) is 2.88. The van der Waals surface area contributed by atoms with Gasteiger partial charge in [0, 0.05) is 55.9 Å². The van der Waals surface area contributed by atoms with Crippen LogP contribution in [0.15, 0.2) is 48.8 Å². The number of aromatic nitrogens is 3. The molecule has 1 aliphatic carbocycles. The molecule has 7 heteroatoms. The van der Waals surface area contributed by atoms with E-state index in [4.69, 9.17) is 9.72 Å². The Kier molecular flexibility index (Phi) is 5.63. The van der Waals surface area contributed by atoms with Crippen LogP contribution in [0.4, 0.5) is 17.5 Å². The van der Waals surface area contributed by atoms with Crippen molar-refractivity contribution in [3.63, 3.8) is 0 Å². The summed E-state index contributed by atoms with van der Waals surface area (Å²) in [6.45, 7) is 4.91. The zero-order chi connectivity index (χ0) is 22.9. The van der Waals surface area contributed by atoms with Gasteiger partial charge in [0.25, 0.3) is 0 Å². The molecule has 3 aromatic rings. The number of likely N-dealkylation sites (N-methyl/N-ethyl adjacent to an activating group) is 1. The van der Waals surface area contributed by atoms with Crippen LogP contribution in [0.5, 0.6) is 5.75 Å². The van der Waals surface area contributed by atoms with Crippen LogP contribution >= 0.6 is 0 Å². The van der Waals surface area contributed by atoms with Crippen molar-refractivity contribution < 1.29 is 4.74 Å². The van der Waals surface area contributed by atoms with Crippen LogP contribution in [0.3, 0.4) is 0 Å². The highest BCUT2D eigenvalue weighted by atomic mass is 16.5. The van der Waals surface area contributed by atoms with Crippen molar-refractivity contribution in [2.45, 2.75) is 25.7 Å². The molecule has 6 rings (SSSR count). The number of anilines is 3. The summed E-state index contributed by atoms with van der Waals surface area (Å²) in [6, 6.07) is 10.6. The van der Waals surface area contributed by atoms with Gasteiger partial charge >= 0.3 is 0 Å². The summed E-state index contributed by atoms with van der Waals surface area (Å²) in [6.07, 6.45) is 10.2. The molecule has 1 fully saturated rings. The maximum atomic E-state index is 5.80. The van der Waals surface area contributed by atoms with Gasteiger partial charge in [-0.15, -0.1) is 0 Å². The fourth-order valence-corrected chi connectivity index (χ4v) is 4.99. The molecule has 4 heterocycles. The molecule has 0 radical (unpaired) electrons. The summed E-state index contributed by atoms with van der Waals surface area (Å²) in [5, 5.41) is 3.40. The lowest BCUT2D eigenvalue weighted by Crippen LogP contribution is -2.44. The summed E-state index contributed by atoms with van der Waals surface area (Å²) in [5.74, 6) is 2.66. The summed E-state index contributed by atoms with van der Waals surface area (Å²) in [7, 11) is 2.16. The van der Waals surface area contributed by atoms with Crippen LogP contribution in [0.2, 0.25) is 0 Å². The molecule has 3 aliphatic rings. The van der Waals surface area contributed by atoms with E-state index in [2.05, 4.69) is 62.5 Å². The van der Waals surface area contributed by atoms with Gasteiger partial charge < -0.3 is 19.9 Å². The minimum Gasteiger partial charge on any atom is -0.493 e. The highest BCUT2D eigenvalue weighted by Crippen LogP contribution is 2.35. The van der Waals surface area contributed by atoms with Crippen molar-refractivity contribution in [2.24, 2.45) is 0 Å². The topological polar surface area (TPSA) is 66.4 Å². The molecule has 0 unspecified atom stereocenters. The van der Waals surface area contributed by atoms with E-state index < -0.39 is 0 Å². The minimum absolute atomic E-state index is 0.634. The molecule has 0 amide bonds. The second kappa shape index (κ2) is 9.06. The Morgan fingerprint density at radius 2 is 1.91 bits per heavy atom. The third kappa shape index (κ3) is 4.23. The smallest absolute Gasteiger partial charge is 0.227 e. The molecule has 174 valence electrons. The second-order valence-corrected chi connectivity index (χ2v) is 9.30. The Morgan fingerprint density at radius 3 is 2.82 bits per heavy atom. The summed E-state index contributed by atoms with van der Waals surface area (Å²) < 4.78 is 5.80. The first-order valence-corrected chi connectivity index (χ1v) is 12.2. The number of benzene rings is 1. The van der Waals surface area contributed by atoms with Crippen LogP contribution in [0, 0.1) is 0 Å². The van der Waals surface area contributed by atoms with E-state index in [0.29, 0.717) is 5.95 Å². The number of piperazine rings is 1. The van der Waals surface area contributed by atoms with E-state index in [-0.39, 0.29) is 0 Å². The van der Waals surface area contributed by atoms with Crippen molar-refractivity contribution in [1.82, 2.24) is 19.9 Å². The molecule has 2 aliphatic heterocycles. The van der Waals surface area contributed by atoms with Crippen LogP contribution in [-0.2, 0) is 12.8 Å². The van der Waals surface area contributed by atoms with Crippen LogP contribution in [-0.4, -0.2) is 59.7 Å². The number of aryl methyl sites for hydroxylation is 2. The first-order valence-electron chi connectivity index (χ1n) is 12.2. The molecule has 34 heavy (non-hydrogen) atoms. The Balaban J connectivity index is 1.22. The maximum Gasteiger partial charge on any atom is 0.227 e. The molecule has 0 atom stereocenters. The molecule has 0 bridgehead atoms. The molecule has 0 saturated carbocycles. The number of fused-ring (bicyclic) bond motifs is 2. The number of rotatable bonds is 4. The van der Waals surface area contributed by atoms with E-state index in [0.717, 1.165) is 87.0 Å². The third-order valence-electron chi connectivity index (χ3n) is 6.94. The number of allylic oxidation sites excluding steroid dienone is 1. The second-order valence-electron chi connectivity index (χ2n) is 9.30. The molecule has 7 nitrogen and oxygen atoms in total. The van der Waals surface area contributed by atoms with Gasteiger partial charge in [-0.1, -0.05) is 12.1 Å². The molecular formula is C27H30N6O. The molecule has 2 aromatic heterocycles. The lowest BCUT2D eigenvalue weighted by atomic mass is 9.89. The van der Waals surface area contributed by atoms with E-state index in [1.807, 2.05) is 18.5 Å². The van der Waals surface area contributed by atoms with Crippen molar-refractivity contribution >= 4 is 23.0 Å². The lowest BCUT2D eigenvalue weighted by molar-refractivity contribution is 0.288. The van der Waals surface area contributed by atoms with Crippen LogP contribution in [0.25, 0.3) is 5.57 Å². The average molecular weight is 455 g/mol. The van der Waals surface area contributed by atoms with Gasteiger partial charge in [0.15, 0.2) is 0 Å². The molecule has 1 saturated heterocycles. The fourth-order valence-electron chi connectivity index (χ4n) is 4.99. The fraction of sp³-hybridized carbons (Fsp3) is 0.370. The molecule has 1 aromatic carbocycles. The predicted octanol–water partition coefficient (Wildman–Crippen LogP) is 4.07. The van der Waals surface area contributed by atoms with Gasteiger partial charge in [0.05, 0.1) is 12.3 Å². The number of hydrogen-bond donors (Lipinski definition) is 1. The molecule has 0 spiro atoms. The van der Waals surface area contributed by atoms with Crippen LogP contribution < -0.4 is 15.0 Å². The largest absolute Gasteiger partial charge is 0.493 e. The minimum atomic E-state index is 0.634. The predicted molar refractivity (Wildman–Crippen MR) is 135 cm³/mol. The van der Waals surface area contributed by atoms with Gasteiger partial charge in [-0.05, 0) is 67.6 Å². The van der Waals surface area contributed by atoms with Gasteiger partial charge in [-0.3, -0.25) is 0 Å². The Hall–Kier alpha value is -3.45. The van der Waals surface area contributed by atoms with E-state index >= 15 is 0 Å². The highest BCUT2D eigenvalue weighted by molar-refractivity contribution is 5.82. The van der Waals surface area contributed by atoms with Crippen molar-refractivity contribution in [3.05, 3.63) is 71.2 Å². The normalized spacial score (nSPS) is 17.9. The van der Waals surface area contributed by atoms with E-state index in [9.17, 15) is 0 Å². The number of nitrogens with one attached hydrogen (secondary N) is 1. The Morgan fingerprint density at radius 1 is 1.00 bits per heavy atom. The summed E-state index contributed by atoms with van der Waals surface area (Å²) in [5.41, 5.74) is 6.93. The monoisotopic (exact) mass is 454 g/mol. The van der Waals surface area contributed by atoms with Gasteiger partial charge in [0.1, 0.15) is 11.6 Å². The standard InChI is InChI=1S/C27H30N6O/c1-32-11-13-33(14-12-32)26-17-21(9-10-28-26)30-27-29-18-23-22(5-2-6-24(23)31-27)19-7-8-25-20(16-19)4-3-15-34-25/h5,7-10,16-18H,2-4,6,11-15H2,1H3,(H,28,29,30,31).